The lowest BCUT2D eigenvalue weighted by atomic mass is 10.2. The normalized spacial score (nSPS) is 10.3. The zero-order valence-corrected chi connectivity index (χ0v) is 10.4. The number of anilines is 2. The van der Waals surface area contributed by atoms with Gasteiger partial charge in [-0.25, -0.2) is 0 Å². The van der Waals surface area contributed by atoms with Crippen molar-refractivity contribution in [2.45, 2.75) is 13.5 Å². The maximum absolute atomic E-state index is 5.39. The molecule has 2 aromatic heterocycles. The first kappa shape index (κ1) is 11.5. The lowest BCUT2D eigenvalue weighted by molar-refractivity contribution is 0.515. The number of rotatable bonds is 4. The number of furan rings is 1. The quantitative estimate of drug-likeness (QED) is 0.878. The molecule has 0 amide bonds. The third-order valence-corrected chi connectivity index (χ3v) is 2.69. The summed E-state index contributed by atoms with van der Waals surface area (Å²) in [4.78, 5) is 6.18. The second-order valence-corrected chi connectivity index (χ2v) is 4.17. The molecule has 17 heavy (non-hydrogen) atoms. The fraction of sp³-hybridized carbons (Fsp3) is 0.308. The van der Waals surface area contributed by atoms with E-state index in [9.17, 15) is 0 Å². The van der Waals surface area contributed by atoms with Crippen LogP contribution in [-0.2, 0) is 6.54 Å². The summed E-state index contributed by atoms with van der Waals surface area (Å²) in [6.07, 6.45) is 5.33. The van der Waals surface area contributed by atoms with Gasteiger partial charge in [0.1, 0.15) is 5.76 Å². The van der Waals surface area contributed by atoms with Gasteiger partial charge in [-0.1, -0.05) is 0 Å². The van der Waals surface area contributed by atoms with Crippen LogP contribution in [0.4, 0.5) is 11.4 Å². The van der Waals surface area contributed by atoms with Crippen molar-refractivity contribution in [3.05, 3.63) is 42.1 Å². The van der Waals surface area contributed by atoms with Gasteiger partial charge >= 0.3 is 0 Å². The van der Waals surface area contributed by atoms with E-state index in [1.54, 1.807) is 12.5 Å². The van der Waals surface area contributed by atoms with E-state index < -0.39 is 0 Å². The van der Waals surface area contributed by atoms with Gasteiger partial charge in [0.15, 0.2) is 0 Å². The van der Waals surface area contributed by atoms with Gasteiger partial charge in [-0.2, -0.15) is 0 Å². The molecule has 0 unspecified atom stereocenters. The molecule has 0 aromatic carbocycles. The van der Waals surface area contributed by atoms with E-state index in [0.717, 1.165) is 22.7 Å². The van der Waals surface area contributed by atoms with Crippen LogP contribution in [0.1, 0.15) is 11.3 Å². The molecule has 2 heterocycles. The van der Waals surface area contributed by atoms with Crippen LogP contribution in [0.15, 0.2) is 35.2 Å². The second-order valence-electron chi connectivity index (χ2n) is 4.17. The van der Waals surface area contributed by atoms with Crippen molar-refractivity contribution in [2.24, 2.45) is 0 Å². The number of nitrogens with one attached hydrogen (secondary N) is 1. The molecule has 0 atom stereocenters. The van der Waals surface area contributed by atoms with Gasteiger partial charge in [0.2, 0.25) is 0 Å². The van der Waals surface area contributed by atoms with E-state index in [4.69, 9.17) is 4.42 Å². The Hall–Kier alpha value is -1.97. The molecule has 0 spiro atoms. The number of hydrogen-bond acceptors (Lipinski definition) is 4. The topological polar surface area (TPSA) is 41.3 Å². The van der Waals surface area contributed by atoms with Crippen molar-refractivity contribution in [1.29, 1.82) is 0 Å². The summed E-state index contributed by atoms with van der Waals surface area (Å²) in [6, 6.07) is 3.95. The summed E-state index contributed by atoms with van der Waals surface area (Å²) in [5.74, 6) is 0.957. The van der Waals surface area contributed by atoms with Crippen LogP contribution in [0.25, 0.3) is 0 Å². The Morgan fingerprint density at radius 2 is 2.18 bits per heavy atom. The van der Waals surface area contributed by atoms with Crippen molar-refractivity contribution >= 4 is 11.4 Å². The van der Waals surface area contributed by atoms with Crippen molar-refractivity contribution in [2.75, 3.05) is 24.3 Å². The van der Waals surface area contributed by atoms with Crippen LogP contribution in [0.5, 0.6) is 0 Å². The van der Waals surface area contributed by atoms with Crippen molar-refractivity contribution < 1.29 is 4.42 Å². The summed E-state index contributed by atoms with van der Waals surface area (Å²) < 4.78 is 5.39. The predicted octanol–water partition coefficient (Wildman–Crippen LogP) is 2.66. The molecule has 0 saturated heterocycles. The Balaban J connectivity index is 2.11. The van der Waals surface area contributed by atoms with Gasteiger partial charge < -0.3 is 14.6 Å². The van der Waals surface area contributed by atoms with Crippen LogP contribution in [0, 0.1) is 6.92 Å². The molecular formula is C13H17N3O. The maximum atomic E-state index is 5.39. The zero-order valence-electron chi connectivity index (χ0n) is 10.4. The van der Waals surface area contributed by atoms with Gasteiger partial charge in [0.25, 0.3) is 0 Å². The average Bonchev–Trinajstić information content (AvgIpc) is 2.72. The zero-order chi connectivity index (χ0) is 12.3. The lowest BCUT2D eigenvalue weighted by Gasteiger charge is -2.17. The summed E-state index contributed by atoms with van der Waals surface area (Å²) in [5.41, 5.74) is 3.28. The third kappa shape index (κ3) is 2.58. The van der Waals surface area contributed by atoms with Crippen molar-refractivity contribution in [3.8, 4) is 0 Å². The molecule has 4 heteroatoms. The van der Waals surface area contributed by atoms with Gasteiger partial charge in [0.05, 0.1) is 30.4 Å². The van der Waals surface area contributed by atoms with Crippen LogP contribution in [-0.4, -0.2) is 19.1 Å². The molecule has 1 N–H and O–H groups in total. The first-order chi connectivity index (χ1) is 8.18. The third-order valence-electron chi connectivity index (χ3n) is 2.69. The van der Waals surface area contributed by atoms with Crippen molar-refractivity contribution in [3.63, 3.8) is 0 Å². The van der Waals surface area contributed by atoms with Gasteiger partial charge in [0, 0.05) is 20.3 Å². The Morgan fingerprint density at radius 1 is 1.35 bits per heavy atom. The molecule has 0 aliphatic heterocycles. The number of hydrogen-bond donors (Lipinski definition) is 1. The molecule has 0 aliphatic carbocycles. The van der Waals surface area contributed by atoms with Gasteiger partial charge in [-0.15, -0.1) is 0 Å². The number of nitrogens with zero attached hydrogens (tertiary/aromatic N) is 2. The number of aromatic nitrogens is 1. The molecule has 0 bridgehead atoms. The molecule has 4 nitrogen and oxygen atoms in total. The minimum atomic E-state index is 0.672. The Labute approximate surface area is 101 Å². The summed E-state index contributed by atoms with van der Waals surface area (Å²) in [5, 5.41) is 3.34. The SMILES string of the molecule is Cc1ccoc1CNc1cnccc1N(C)C. The van der Waals surface area contributed by atoms with E-state index in [1.165, 1.54) is 0 Å². The Morgan fingerprint density at radius 3 is 2.82 bits per heavy atom. The van der Waals surface area contributed by atoms with Crippen molar-refractivity contribution in [1.82, 2.24) is 4.98 Å². The molecule has 0 fully saturated rings. The highest BCUT2D eigenvalue weighted by atomic mass is 16.3. The van der Waals surface area contributed by atoms with Gasteiger partial charge in [-0.3, -0.25) is 4.98 Å². The molecule has 0 radical (unpaired) electrons. The van der Waals surface area contributed by atoms with E-state index in [1.807, 2.05) is 39.3 Å². The first-order valence-electron chi connectivity index (χ1n) is 5.56. The highest BCUT2D eigenvalue weighted by Gasteiger charge is 2.06. The summed E-state index contributed by atoms with van der Waals surface area (Å²) >= 11 is 0. The fourth-order valence-corrected chi connectivity index (χ4v) is 1.67. The highest BCUT2D eigenvalue weighted by Crippen LogP contribution is 2.23. The average molecular weight is 231 g/mol. The molecular weight excluding hydrogens is 214 g/mol. The molecule has 90 valence electrons. The first-order valence-corrected chi connectivity index (χ1v) is 5.56. The Bertz CT molecular complexity index is 491. The minimum Gasteiger partial charge on any atom is -0.467 e. The molecule has 0 saturated carbocycles. The van der Waals surface area contributed by atoms with E-state index >= 15 is 0 Å². The highest BCUT2D eigenvalue weighted by molar-refractivity contribution is 5.68. The summed E-state index contributed by atoms with van der Waals surface area (Å²) in [6.45, 7) is 2.71. The minimum absolute atomic E-state index is 0.672. The van der Waals surface area contributed by atoms with Gasteiger partial charge in [-0.05, 0) is 24.6 Å². The number of aryl methyl sites for hydroxylation is 1. The fourth-order valence-electron chi connectivity index (χ4n) is 1.67. The predicted molar refractivity (Wildman–Crippen MR) is 69.3 cm³/mol. The van der Waals surface area contributed by atoms with E-state index in [-0.39, 0.29) is 0 Å². The Kier molecular flexibility index (Phi) is 3.32. The molecule has 2 aromatic rings. The van der Waals surface area contributed by atoms with Crippen LogP contribution < -0.4 is 10.2 Å². The molecule has 2 rings (SSSR count). The smallest absolute Gasteiger partial charge is 0.125 e. The second kappa shape index (κ2) is 4.91. The van der Waals surface area contributed by atoms with E-state index in [2.05, 4.69) is 15.2 Å². The largest absolute Gasteiger partial charge is 0.467 e. The standard InChI is InChI=1S/C13H17N3O/c1-10-5-7-17-13(10)9-15-11-8-14-6-4-12(11)16(2)3/h4-8,15H,9H2,1-3H3. The summed E-state index contributed by atoms with van der Waals surface area (Å²) in [7, 11) is 4.03. The van der Waals surface area contributed by atoms with Crippen LogP contribution in [0.3, 0.4) is 0 Å². The molecule has 0 aliphatic rings. The number of pyridine rings is 1. The monoisotopic (exact) mass is 231 g/mol. The van der Waals surface area contributed by atoms with Crippen LogP contribution in [0.2, 0.25) is 0 Å². The van der Waals surface area contributed by atoms with E-state index in [0.29, 0.717) is 6.54 Å². The van der Waals surface area contributed by atoms with Crippen LogP contribution >= 0.6 is 0 Å². The lowest BCUT2D eigenvalue weighted by Crippen LogP contribution is -2.12. The maximum Gasteiger partial charge on any atom is 0.125 e.